The van der Waals surface area contributed by atoms with Gasteiger partial charge in [0.2, 0.25) is 0 Å². The molecule has 0 amide bonds. The van der Waals surface area contributed by atoms with E-state index in [1.807, 2.05) is 79.1 Å². The zero-order valence-electron chi connectivity index (χ0n) is 19.8. The number of nitrogens with one attached hydrogen (secondary N) is 1. The average molecular weight is 476 g/mol. The molecule has 174 valence electrons. The molecular formula is C32H21N5. The zero-order valence-corrected chi connectivity index (χ0v) is 19.8. The first-order chi connectivity index (χ1) is 18.3. The van der Waals surface area contributed by atoms with E-state index in [2.05, 4.69) is 52.4 Å². The van der Waals surface area contributed by atoms with Gasteiger partial charge in [-0.25, -0.2) is 15.0 Å². The molecule has 0 spiro atoms. The summed E-state index contributed by atoms with van der Waals surface area (Å²) in [5.74, 6) is 1.86. The van der Waals surface area contributed by atoms with Crippen LogP contribution >= 0.6 is 0 Å². The zero-order chi connectivity index (χ0) is 24.6. The number of para-hydroxylation sites is 1. The Morgan fingerprint density at radius 2 is 0.973 bits per heavy atom. The monoisotopic (exact) mass is 475 g/mol. The van der Waals surface area contributed by atoms with Gasteiger partial charge < -0.3 is 4.98 Å². The topological polar surface area (TPSA) is 67.3 Å². The van der Waals surface area contributed by atoms with Crippen LogP contribution in [0.4, 0.5) is 0 Å². The van der Waals surface area contributed by atoms with Crippen molar-refractivity contribution in [2.45, 2.75) is 0 Å². The maximum absolute atomic E-state index is 4.85. The van der Waals surface area contributed by atoms with E-state index in [1.54, 1.807) is 0 Å². The van der Waals surface area contributed by atoms with Crippen molar-refractivity contribution in [2.75, 3.05) is 0 Å². The Hall–Kier alpha value is -5.16. The van der Waals surface area contributed by atoms with Crippen LogP contribution in [-0.2, 0) is 0 Å². The molecule has 0 radical (unpaired) electrons. The number of hydrogen-bond donors (Lipinski definition) is 1. The summed E-state index contributed by atoms with van der Waals surface area (Å²) in [5.41, 5.74) is 7.07. The first-order valence-electron chi connectivity index (χ1n) is 12.1. The summed E-state index contributed by atoms with van der Waals surface area (Å²) in [4.78, 5) is 22.5. The molecule has 3 heterocycles. The van der Waals surface area contributed by atoms with Gasteiger partial charge in [-0.2, -0.15) is 0 Å². The number of aromatic amines is 1. The van der Waals surface area contributed by atoms with Crippen LogP contribution in [-0.4, -0.2) is 24.9 Å². The molecule has 5 nitrogen and oxygen atoms in total. The first-order valence-corrected chi connectivity index (χ1v) is 12.1. The third-order valence-electron chi connectivity index (χ3n) is 6.54. The minimum atomic E-state index is 0.593. The number of hydrogen-bond acceptors (Lipinski definition) is 4. The highest BCUT2D eigenvalue weighted by Gasteiger charge is 2.13. The molecule has 1 N–H and O–H groups in total. The maximum Gasteiger partial charge on any atom is 0.165 e. The lowest BCUT2D eigenvalue weighted by Crippen LogP contribution is -2.00. The van der Waals surface area contributed by atoms with Crippen LogP contribution in [0.2, 0.25) is 0 Å². The van der Waals surface area contributed by atoms with Crippen molar-refractivity contribution in [3.8, 4) is 45.3 Å². The Kier molecular flexibility index (Phi) is 5.03. The first kappa shape index (κ1) is 21.1. The van der Waals surface area contributed by atoms with Gasteiger partial charge in [-0.3, -0.25) is 4.98 Å². The molecule has 4 aromatic carbocycles. The van der Waals surface area contributed by atoms with E-state index in [0.717, 1.165) is 38.9 Å². The van der Waals surface area contributed by atoms with Gasteiger partial charge in [-0.05, 0) is 29.8 Å². The number of benzene rings is 4. The van der Waals surface area contributed by atoms with Crippen LogP contribution in [0.15, 0.2) is 122 Å². The van der Waals surface area contributed by atoms with Gasteiger partial charge >= 0.3 is 0 Å². The van der Waals surface area contributed by atoms with E-state index in [1.165, 1.54) is 10.8 Å². The molecular weight excluding hydrogens is 454 g/mol. The van der Waals surface area contributed by atoms with Crippen LogP contribution in [0.5, 0.6) is 0 Å². The molecule has 5 heteroatoms. The molecule has 37 heavy (non-hydrogen) atoms. The van der Waals surface area contributed by atoms with Crippen molar-refractivity contribution in [1.82, 2.24) is 24.9 Å². The number of nitrogens with zero attached hydrogens (tertiary/aromatic N) is 4. The standard InChI is InChI=1S/C32H21N5/c1-3-9-21(10-4-1)30-35-31(22-11-5-2-6-12-22)37-32(36-30)25-17-24(19-33-20-25)23-15-16-29-27(18-23)26-13-7-8-14-28(26)34-29/h1-20,34H. The number of H-pyrrole nitrogens is 1. The van der Waals surface area contributed by atoms with E-state index in [4.69, 9.17) is 15.0 Å². The lowest BCUT2D eigenvalue weighted by Gasteiger charge is -2.09. The minimum Gasteiger partial charge on any atom is -0.355 e. The SMILES string of the molecule is c1ccc(-c2nc(-c3ccccc3)nc(-c3cncc(-c4ccc5[nH]c6ccccc6c5c4)c3)n2)cc1. The molecule has 0 saturated heterocycles. The Bertz CT molecular complexity index is 1820. The lowest BCUT2D eigenvalue weighted by molar-refractivity contribution is 1.07. The maximum atomic E-state index is 4.85. The van der Waals surface area contributed by atoms with E-state index < -0.39 is 0 Å². The molecule has 0 aliphatic rings. The third kappa shape index (κ3) is 3.93. The highest BCUT2D eigenvalue weighted by atomic mass is 15.0. The predicted octanol–water partition coefficient (Wildman–Crippen LogP) is 7.57. The fourth-order valence-corrected chi connectivity index (χ4v) is 4.69. The Labute approximate surface area is 213 Å². The second-order valence-electron chi connectivity index (χ2n) is 8.93. The summed E-state index contributed by atoms with van der Waals surface area (Å²) >= 11 is 0. The fraction of sp³-hybridized carbons (Fsp3) is 0. The highest BCUT2D eigenvalue weighted by Crippen LogP contribution is 2.31. The van der Waals surface area contributed by atoms with Gasteiger partial charge in [0.15, 0.2) is 17.5 Å². The van der Waals surface area contributed by atoms with Crippen LogP contribution < -0.4 is 0 Å². The minimum absolute atomic E-state index is 0.593. The number of aromatic nitrogens is 5. The fourth-order valence-electron chi connectivity index (χ4n) is 4.69. The van der Waals surface area contributed by atoms with E-state index in [-0.39, 0.29) is 0 Å². The summed E-state index contributed by atoms with van der Waals surface area (Å²) in [7, 11) is 0. The molecule has 7 rings (SSSR count). The van der Waals surface area contributed by atoms with E-state index >= 15 is 0 Å². The van der Waals surface area contributed by atoms with Gasteiger partial charge in [-0.15, -0.1) is 0 Å². The average Bonchev–Trinajstić information content (AvgIpc) is 3.36. The van der Waals surface area contributed by atoms with Gasteiger partial charge in [0.25, 0.3) is 0 Å². The molecule has 0 atom stereocenters. The molecule has 3 aromatic heterocycles. The number of fused-ring (bicyclic) bond motifs is 3. The van der Waals surface area contributed by atoms with Gasteiger partial charge in [0.05, 0.1) is 0 Å². The van der Waals surface area contributed by atoms with Crippen molar-refractivity contribution in [3.05, 3.63) is 122 Å². The Balaban J connectivity index is 1.36. The van der Waals surface area contributed by atoms with Gasteiger partial charge in [0, 0.05) is 56.5 Å². The van der Waals surface area contributed by atoms with E-state index in [0.29, 0.717) is 17.5 Å². The third-order valence-corrected chi connectivity index (χ3v) is 6.54. The van der Waals surface area contributed by atoms with Crippen molar-refractivity contribution >= 4 is 21.8 Å². The van der Waals surface area contributed by atoms with Crippen molar-refractivity contribution < 1.29 is 0 Å². The summed E-state index contributed by atoms with van der Waals surface area (Å²) in [5, 5.41) is 2.40. The lowest BCUT2D eigenvalue weighted by atomic mass is 10.0. The van der Waals surface area contributed by atoms with Crippen molar-refractivity contribution in [3.63, 3.8) is 0 Å². The van der Waals surface area contributed by atoms with Crippen LogP contribution in [0.1, 0.15) is 0 Å². The number of rotatable bonds is 4. The number of pyridine rings is 1. The second-order valence-corrected chi connectivity index (χ2v) is 8.93. The highest BCUT2D eigenvalue weighted by molar-refractivity contribution is 6.08. The van der Waals surface area contributed by atoms with Gasteiger partial charge in [0.1, 0.15) is 0 Å². The second kappa shape index (κ2) is 8.81. The molecule has 7 aromatic rings. The van der Waals surface area contributed by atoms with Crippen LogP contribution in [0, 0.1) is 0 Å². The molecule has 0 fully saturated rings. The van der Waals surface area contributed by atoms with Gasteiger partial charge in [-0.1, -0.05) is 84.9 Å². The quantitative estimate of drug-likeness (QED) is 0.285. The van der Waals surface area contributed by atoms with Crippen LogP contribution in [0.3, 0.4) is 0 Å². The van der Waals surface area contributed by atoms with Crippen molar-refractivity contribution in [2.24, 2.45) is 0 Å². The van der Waals surface area contributed by atoms with Crippen molar-refractivity contribution in [1.29, 1.82) is 0 Å². The largest absolute Gasteiger partial charge is 0.355 e. The summed E-state index contributed by atoms with van der Waals surface area (Å²) in [6, 6.07) is 36.9. The van der Waals surface area contributed by atoms with Crippen LogP contribution in [0.25, 0.3) is 67.1 Å². The predicted molar refractivity (Wildman–Crippen MR) is 149 cm³/mol. The molecule has 0 saturated carbocycles. The smallest absolute Gasteiger partial charge is 0.165 e. The normalized spacial score (nSPS) is 11.2. The molecule has 0 bridgehead atoms. The summed E-state index contributed by atoms with van der Waals surface area (Å²) in [6.45, 7) is 0. The molecule has 0 aliphatic carbocycles. The Morgan fingerprint density at radius 1 is 0.405 bits per heavy atom. The van der Waals surface area contributed by atoms with E-state index in [9.17, 15) is 0 Å². The summed E-state index contributed by atoms with van der Waals surface area (Å²) < 4.78 is 0. The molecule has 0 aliphatic heterocycles. The molecule has 0 unspecified atom stereocenters. The summed E-state index contributed by atoms with van der Waals surface area (Å²) in [6.07, 6.45) is 3.70. The Morgan fingerprint density at radius 3 is 1.68 bits per heavy atom.